The van der Waals surface area contributed by atoms with E-state index in [1.807, 2.05) is 35.8 Å². The quantitative estimate of drug-likeness (QED) is 0.443. The molecule has 0 aliphatic heterocycles. The number of carbonyl (C=O) groups is 1. The molecule has 32 heavy (non-hydrogen) atoms. The Balaban J connectivity index is 1.88. The second kappa shape index (κ2) is 10.3. The summed E-state index contributed by atoms with van der Waals surface area (Å²) in [6.07, 6.45) is 2.24. The van der Waals surface area contributed by atoms with Crippen molar-refractivity contribution in [2.45, 2.75) is 38.6 Å². The van der Waals surface area contributed by atoms with Crippen molar-refractivity contribution in [2.75, 3.05) is 31.6 Å². The standard InChI is InChI=1S/C22H31N5O4S/c1-5-26(6-2)32(29,30)17-15-20(25(4)16-17)21(28)24-22-23-18-11-8-9-12-19(18)27(22)13-10-14-31-7-3/h8-9,11-12,15-16H,5-7,10,13-14H2,1-4H3,(H,23,24,28). The minimum absolute atomic E-state index is 0.0964. The van der Waals surface area contributed by atoms with Crippen molar-refractivity contribution < 1.29 is 17.9 Å². The van der Waals surface area contributed by atoms with Gasteiger partial charge in [0.15, 0.2) is 0 Å². The van der Waals surface area contributed by atoms with Crippen molar-refractivity contribution in [2.24, 2.45) is 7.05 Å². The molecule has 0 aliphatic rings. The molecule has 1 aromatic carbocycles. The summed E-state index contributed by atoms with van der Waals surface area (Å²) in [5.41, 5.74) is 1.93. The molecule has 0 fully saturated rings. The number of aryl methyl sites for hydroxylation is 2. The van der Waals surface area contributed by atoms with Gasteiger partial charge in [0.2, 0.25) is 16.0 Å². The van der Waals surface area contributed by atoms with Gasteiger partial charge in [0.05, 0.1) is 11.0 Å². The van der Waals surface area contributed by atoms with Gasteiger partial charge in [0.25, 0.3) is 5.91 Å². The molecule has 3 aromatic rings. The summed E-state index contributed by atoms with van der Waals surface area (Å²) in [7, 11) is -2.00. The zero-order chi connectivity index (χ0) is 23.3. The monoisotopic (exact) mass is 461 g/mol. The highest BCUT2D eigenvalue weighted by Crippen LogP contribution is 2.22. The highest BCUT2D eigenvalue weighted by Gasteiger charge is 2.26. The van der Waals surface area contributed by atoms with Crippen LogP contribution in [0.15, 0.2) is 41.4 Å². The first kappa shape index (κ1) is 24.0. The molecule has 10 heteroatoms. The van der Waals surface area contributed by atoms with E-state index in [0.29, 0.717) is 38.8 Å². The fourth-order valence-electron chi connectivity index (χ4n) is 3.65. The van der Waals surface area contributed by atoms with Gasteiger partial charge in [-0.25, -0.2) is 13.4 Å². The van der Waals surface area contributed by atoms with E-state index in [1.165, 1.54) is 21.1 Å². The van der Waals surface area contributed by atoms with Gasteiger partial charge >= 0.3 is 0 Å². The molecule has 0 spiro atoms. The fraction of sp³-hybridized carbons (Fsp3) is 0.455. The Morgan fingerprint density at radius 1 is 1.19 bits per heavy atom. The molecule has 174 valence electrons. The zero-order valence-corrected chi connectivity index (χ0v) is 19.9. The topological polar surface area (TPSA) is 98.5 Å². The van der Waals surface area contributed by atoms with Gasteiger partial charge in [-0.05, 0) is 31.5 Å². The van der Waals surface area contributed by atoms with E-state index in [-0.39, 0.29) is 10.6 Å². The van der Waals surface area contributed by atoms with Crippen LogP contribution in [0.4, 0.5) is 5.95 Å². The molecule has 2 aromatic heterocycles. The maximum atomic E-state index is 13.1. The third-order valence-electron chi connectivity index (χ3n) is 5.31. The number of hydrogen-bond donors (Lipinski definition) is 1. The number of amides is 1. The van der Waals surface area contributed by atoms with E-state index in [0.717, 1.165) is 17.5 Å². The highest BCUT2D eigenvalue weighted by atomic mass is 32.2. The maximum Gasteiger partial charge on any atom is 0.274 e. The van der Waals surface area contributed by atoms with E-state index in [2.05, 4.69) is 10.3 Å². The van der Waals surface area contributed by atoms with Crippen molar-refractivity contribution in [1.29, 1.82) is 0 Å². The molecule has 0 atom stereocenters. The molecule has 0 bridgehead atoms. The molecule has 0 saturated carbocycles. The van der Waals surface area contributed by atoms with Crippen LogP contribution in [0.1, 0.15) is 37.7 Å². The normalized spacial score (nSPS) is 12.0. The Bertz CT molecular complexity index is 1180. The average molecular weight is 462 g/mol. The number of rotatable bonds is 11. The minimum atomic E-state index is -3.66. The third-order valence-corrected chi connectivity index (χ3v) is 7.33. The van der Waals surface area contributed by atoms with Gasteiger partial charge in [0, 0.05) is 46.1 Å². The van der Waals surface area contributed by atoms with Gasteiger partial charge in [-0.3, -0.25) is 10.1 Å². The summed E-state index contributed by atoms with van der Waals surface area (Å²) in [5, 5.41) is 2.86. The number of benzene rings is 1. The van der Waals surface area contributed by atoms with Gasteiger partial charge in [-0.15, -0.1) is 0 Å². The van der Waals surface area contributed by atoms with Crippen LogP contribution in [0.2, 0.25) is 0 Å². The molecular weight excluding hydrogens is 430 g/mol. The Morgan fingerprint density at radius 2 is 1.91 bits per heavy atom. The van der Waals surface area contributed by atoms with Crippen molar-refractivity contribution in [1.82, 2.24) is 18.4 Å². The van der Waals surface area contributed by atoms with E-state index in [9.17, 15) is 13.2 Å². The Labute approximate surface area is 189 Å². The number of para-hydroxylation sites is 2. The summed E-state index contributed by atoms with van der Waals surface area (Å²) in [6, 6.07) is 9.07. The van der Waals surface area contributed by atoms with Crippen LogP contribution in [0.25, 0.3) is 11.0 Å². The molecule has 0 radical (unpaired) electrons. The van der Waals surface area contributed by atoms with Crippen molar-refractivity contribution in [3.05, 3.63) is 42.2 Å². The third kappa shape index (κ3) is 4.87. The molecule has 0 unspecified atom stereocenters. The van der Waals surface area contributed by atoms with Gasteiger partial charge in [-0.1, -0.05) is 26.0 Å². The fourth-order valence-corrected chi connectivity index (χ4v) is 5.18. The first-order valence-electron chi connectivity index (χ1n) is 10.8. The second-order valence-corrected chi connectivity index (χ2v) is 9.28. The number of hydrogen-bond acceptors (Lipinski definition) is 5. The van der Waals surface area contributed by atoms with Crippen molar-refractivity contribution in [3.8, 4) is 0 Å². The minimum Gasteiger partial charge on any atom is -0.382 e. The van der Waals surface area contributed by atoms with Gasteiger partial charge in [0.1, 0.15) is 10.6 Å². The maximum absolute atomic E-state index is 13.1. The molecular formula is C22H31N5O4S. The van der Waals surface area contributed by atoms with Crippen LogP contribution in [-0.2, 0) is 28.4 Å². The summed E-state index contributed by atoms with van der Waals surface area (Å²) in [5.74, 6) is -0.00286. The predicted molar refractivity (Wildman–Crippen MR) is 124 cm³/mol. The SMILES string of the molecule is CCOCCCn1c(NC(=O)c2cc(S(=O)(=O)N(CC)CC)cn2C)nc2ccccc21. The summed E-state index contributed by atoms with van der Waals surface area (Å²) in [4.78, 5) is 17.7. The van der Waals surface area contributed by atoms with E-state index in [1.54, 1.807) is 20.9 Å². The molecule has 3 rings (SSSR count). The number of nitrogens with zero attached hydrogens (tertiary/aromatic N) is 4. The van der Waals surface area contributed by atoms with E-state index in [4.69, 9.17) is 4.74 Å². The molecule has 0 saturated heterocycles. The van der Waals surface area contributed by atoms with Crippen LogP contribution in [0.3, 0.4) is 0 Å². The number of carbonyl (C=O) groups excluding carboxylic acids is 1. The van der Waals surface area contributed by atoms with Crippen LogP contribution in [0.5, 0.6) is 0 Å². The van der Waals surface area contributed by atoms with Crippen LogP contribution in [-0.4, -0.2) is 59.1 Å². The number of nitrogens with one attached hydrogen (secondary N) is 1. The number of sulfonamides is 1. The lowest BCUT2D eigenvalue weighted by atomic mass is 10.3. The molecule has 1 N–H and O–H groups in total. The lowest BCUT2D eigenvalue weighted by Crippen LogP contribution is -2.30. The Hall–Kier alpha value is -2.69. The zero-order valence-electron chi connectivity index (χ0n) is 19.0. The Morgan fingerprint density at radius 3 is 2.59 bits per heavy atom. The molecule has 2 heterocycles. The smallest absolute Gasteiger partial charge is 0.274 e. The molecule has 9 nitrogen and oxygen atoms in total. The number of imidazole rings is 1. The number of anilines is 1. The van der Waals surface area contributed by atoms with Gasteiger partial charge < -0.3 is 13.9 Å². The first-order valence-corrected chi connectivity index (χ1v) is 12.3. The highest BCUT2D eigenvalue weighted by molar-refractivity contribution is 7.89. The summed E-state index contributed by atoms with van der Waals surface area (Å²) < 4.78 is 35.9. The second-order valence-electron chi connectivity index (χ2n) is 7.34. The van der Waals surface area contributed by atoms with Crippen LogP contribution in [0, 0.1) is 0 Å². The lowest BCUT2D eigenvalue weighted by Gasteiger charge is -2.17. The average Bonchev–Trinajstić information content (AvgIpc) is 3.33. The van der Waals surface area contributed by atoms with Crippen molar-refractivity contribution in [3.63, 3.8) is 0 Å². The molecule has 0 aliphatic carbocycles. The number of aromatic nitrogens is 3. The summed E-state index contributed by atoms with van der Waals surface area (Å²) in [6.45, 7) is 8.14. The Kier molecular flexibility index (Phi) is 7.70. The lowest BCUT2D eigenvalue weighted by molar-refractivity contribution is 0.101. The van der Waals surface area contributed by atoms with Gasteiger partial charge in [-0.2, -0.15) is 4.31 Å². The van der Waals surface area contributed by atoms with Crippen molar-refractivity contribution >= 4 is 32.9 Å². The first-order chi connectivity index (χ1) is 15.3. The van der Waals surface area contributed by atoms with Crippen LogP contribution >= 0.6 is 0 Å². The number of fused-ring (bicyclic) bond motifs is 1. The van der Waals surface area contributed by atoms with Crippen LogP contribution < -0.4 is 5.32 Å². The number of ether oxygens (including phenoxy) is 1. The summed E-state index contributed by atoms with van der Waals surface area (Å²) >= 11 is 0. The predicted octanol–water partition coefficient (Wildman–Crippen LogP) is 3.08. The largest absolute Gasteiger partial charge is 0.382 e. The van der Waals surface area contributed by atoms with E-state index >= 15 is 0 Å². The molecule has 1 amide bonds. The van der Waals surface area contributed by atoms with E-state index < -0.39 is 15.9 Å².